The van der Waals surface area contributed by atoms with Crippen molar-refractivity contribution in [2.75, 3.05) is 27.7 Å². The van der Waals surface area contributed by atoms with Crippen molar-refractivity contribution in [1.29, 1.82) is 0 Å². The third-order valence-corrected chi connectivity index (χ3v) is 4.84. The van der Waals surface area contributed by atoms with Crippen LogP contribution < -0.4 is 0 Å². The molecule has 0 radical (unpaired) electrons. The third kappa shape index (κ3) is 3.05. The lowest BCUT2D eigenvalue weighted by molar-refractivity contribution is -0.897. The van der Waals surface area contributed by atoms with Crippen molar-refractivity contribution < 1.29 is 14.0 Å². The lowest BCUT2D eigenvalue weighted by Gasteiger charge is -2.36. The third-order valence-electron chi connectivity index (χ3n) is 4.84. The summed E-state index contributed by atoms with van der Waals surface area (Å²) in [7, 11) is 6.58. The van der Waals surface area contributed by atoms with Crippen molar-refractivity contribution in [3.05, 3.63) is 71.8 Å². The molecule has 0 N–H and O–H groups in total. The normalized spacial score (nSPS) is 22.0. The van der Waals surface area contributed by atoms with Gasteiger partial charge in [0.05, 0.1) is 27.7 Å². The van der Waals surface area contributed by atoms with Crippen molar-refractivity contribution in [3.8, 4) is 0 Å². The molecule has 0 amide bonds. The zero-order valence-electron chi connectivity index (χ0n) is 14.4. The minimum atomic E-state index is -0.809. The largest absolute Gasteiger partial charge is 0.339 e. The molecule has 0 spiro atoms. The second-order valence-corrected chi connectivity index (χ2v) is 7.17. The monoisotopic (exact) mass is 312 g/mol. The topological polar surface area (TPSA) is 18.5 Å². The molecule has 1 fully saturated rings. The smallest absolute Gasteiger partial charge is 0.223 e. The molecule has 0 saturated carbocycles. The van der Waals surface area contributed by atoms with E-state index < -0.39 is 5.79 Å². The zero-order valence-corrected chi connectivity index (χ0v) is 14.4. The highest BCUT2D eigenvalue weighted by Crippen LogP contribution is 2.41. The molecule has 2 aromatic carbocycles. The van der Waals surface area contributed by atoms with Gasteiger partial charge in [0.1, 0.15) is 12.1 Å². The van der Waals surface area contributed by atoms with Gasteiger partial charge in [-0.25, -0.2) is 0 Å². The van der Waals surface area contributed by atoms with Crippen molar-refractivity contribution in [1.82, 2.24) is 0 Å². The van der Waals surface area contributed by atoms with E-state index in [0.717, 1.165) is 15.6 Å². The number of rotatable bonds is 4. The predicted octanol–water partition coefficient (Wildman–Crippen LogP) is 3.40. The van der Waals surface area contributed by atoms with E-state index in [1.54, 1.807) is 0 Å². The van der Waals surface area contributed by atoms with Crippen molar-refractivity contribution in [3.63, 3.8) is 0 Å². The number of benzene rings is 2. The summed E-state index contributed by atoms with van der Waals surface area (Å²) in [6.45, 7) is 2.82. The summed E-state index contributed by atoms with van der Waals surface area (Å²) < 4.78 is 13.7. The Morgan fingerprint density at radius 1 is 0.913 bits per heavy atom. The number of ether oxygens (including phenoxy) is 2. The Hall–Kier alpha value is -1.68. The van der Waals surface area contributed by atoms with Gasteiger partial charge in [-0.2, -0.15) is 0 Å². The fraction of sp³-hybridized carbons (Fsp3) is 0.400. The van der Waals surface area contributed by atoms with Crippen molar-refractivity contribution in [2.45, 2.75) is 24.9 Å². The van der Waals surface area contributed by atoms with Gasteiger partial charge in [-0.15, -0.1) is 0 Å². The first kappa shape index (κ1) is 16.2. The van der Waals surface area contributed by atoms with Crippen LogP contribution in [0.3, 0.4) is 0 Å². The Balaban J connectivity index is 2.00. The number of hydrogen-bond acceptors (Lipinski definition) is 2. The Bertz CT molecular complexity index is 594. The molecule has 0 aliphatic carbocycles. The van der Waals surface area contributed by atoms with Crippen LogP contribution in [0.15, 0.2) is 60.7 Å². The van der Waals surface area contributed by atoms with E-state index >= 15 is 0 Å². The molecule has 1 aliphatic heterocycles. The predicted molar refractivity (Wildman–Crippen MR) is 92.0 cm³/mol. The van der Waals surface area contributed by atoms with Crippen LogP contribution in [0, 0.1) is 0 Å². The van der Waals surface area contributed by atoms with Crippen LogP contribution >= 0.6 is 0 Å². The molecule has 1 heterocycles. The van der Waals surface area contributed by atoms with Crippen LogP contribution in [0.1, 0.15) is 18.1 Å². The second kappa shape index (κ2) is 6.08. The first-order valence-corrected chi connectivity index (χ1v) is 8.17. The SMILES string of the molecule is C[C@@H](C1COC(c2ccccc2)(c2ccccc2)O1)[N+](C)(C)C. The van der Waals surface area contributed by atoms with E-state index in [0.29, 0.717) is 12.6 Å². The Morgan fingerprint density at radius 2 is 1.39 bits per heavy atom. The van der Waals surface area contributed by atoms with E-state index in [2.05, 4.69) is 52.3 Å². The molecule has 1 saturated heterocycles. The molecular weight excluding hydrogens is 286 g/mol. The minimum Gasteiger partial charge on any atom is -0.339 e. The molecule has 0 bridgehead atoms. The second-order valence-electron chi connectivity index (χ2n) is 7.17. The standard InChI is InChI=1S/C20H26NO2/c1-16(21(2,3)4)19-15-22-20(23-19,17-11-7-5-8-12-17)18-13-9-6-10-14-18/h5-14,16,19H,15H2,1-4H3/q+1/t16-,19?/m0/s1. The lowest BCUT2D eigenvalue weighted by Crippen LogP contribution is -2.51. The molecule has 2 atom stereocenters. The highest BCUT2D eigenvalue weighted by molar-refractivity contribution is 5.34. The molecule has 23 heavy (non-hydrogen) atoms. The first-order valence-electron chi connectivity index (χ1n) is 8.17. The van der Waals surface area contributed by atoms with Gasteiger partial charge in [0.2, 0.25) is 5.79 Å². The van der Waals surface area contributed by atoms with Crippen LogP contribution in [-0.4, -0.2) is 44.4 Å². The summed E-state index contributed by atoms with van der Waals surface area (Å²) in [5.74, 6) is -0.809. The molecule has 2 aromatic rings. The number of nitrogens with zero attached hydrogens (tertiary/aromatic N) is 1. The van der Waals surface area contributed by atoms with Gasteiger partial charge in [0.25, 0.3) is 0 Å². The number of hydrogen-bond donors (Lipinski definition) is 0. The maximum absolute atomic E-state index is 6.57. The quantitative estimate of drug-likeness (QED) is 0.806. The van der Waals surface area contributed by atoms with E-state index in [1.807, 2.05) is 36.4 Å². The highest BCUT2D eigenvalue weighted by Gasteiger charge is 2.48. The van der Waals surface area contributed by atoms with Crippen molar-refractivity contribution >= 4 is 0 Å². The fourth-order valence-electron chi connectivity index (χ4n) is 3.00. The molecule has 1 unspecified atom stereocenters. The molecule has 3 nitrogen and oxygen atoms in total. The Kier molecular flexibility index (Phi) is 4.28. The minimum absolute atomic E-state index is 0.0513. The van der Waals surface area contributed by atoms with Crippen molar-refractivity contribution in [2.24, 2.45) is 0 Å². The van der Waals surface area contributed by atoms with Crippen LogP contribution in [-0.2, 0) is 15.3 Å². The average molecular weight is 312 g/mol. The lowest BCUT2D eigenvalue weighted by atomic mass is 9.97. The summed E-state index contributed by atoms with van der Waals surface area (Å²) in [4.78, 5) is 0. The average Bonchev–Trinajstić information content (AvgIpc) is 3.01. The van der Waals surface area contributed by atoms with E-state index in [9.17, 15) is 0 Å². The molecule has 0 aromatic heterocycles. The molecule has 1 aliphatic rings. The van der Waals surface area contributed by atoms with Crippen LogP contribution in [0.2, 0.25) is 0 Å². The van der Waals surface area contributed by atoms with Crippen LogP contribution in [0.25, 0.3) is 0 Å². The zero-order chi connectivity index (χ0) is 16.5. The number of quaternary nitrogens is 1. The van der Waals surface area contributed by atoms with E-state index in [1.165, 1.54) is 0 Å². The van der Waals surface area contributed by atoms with Crippen LogP contribution in [0.5, 0.6) is 0 Å². The van der Waals surface area contributed by atoms with E-state index in [-0.39, 0.29) is 6.10 Å². The van der Waals surface area contributed by atoms with Gasteiger partial charge in [-0.05, 0) is 6.92 Å². The Labute approximate surface area is 139 Å². The molecule has 122 valence electrons. The van der Waals surface area contributed by atoms with Gasteiger partial charge in [0, 0.05) is 11.1 Å². The summed E-state index contributed by atoms with van der Waals surface area (Å²) in [6.07, 6.45) is 0.0513. The summed E-state index contributed by atoms with van der Waals surface area (Å²) in [5.41, 5.74) is 2.09. The first-order chi connectivity index (χ1) is 10.9. The van der Waals surface area contributed by atoms with Gasteiger partial charge < -0.3 is 14.0 Å². The van der Waals surface area contributed by atoms with Crippen LogP contribution in [0.4, 0.5) is 0 Å². The molecule has 3 rings (SSSR count). The highest BCUT2D eigenvalue weighted by atomic mass is 16.7. The van der Waals surface area contributed by atoms with Gasteiger partial charge in [-0.3, -0.25) is 0 Å². The molecular formula is C20H26NO2+. The maximum Gasteiger partial charge on any atom is 0.223 e. The molecule has 3 heteroatoms. The Morgan fingerprint density at radius 3 is 1.83 bits per heavy atom. The summed E-state index contributed by atoms with van der Waals surface area (Å²) >= 11 is 0. The fourth-order valence-corrected chi connectivity index (χ4v) is 3.00. The van der Waals surface area contributed by atoms with Gasteiger partial charge in [0.15, 0.2) is 0 Å². The summed E-state index contributed by atoms with van der Waals surface area (Å²) in [5, 5.41) is 0. The van der Waals surface area contributed by atoms with E-state index in [4.69, 9.17) is 9.47 Å². The van der Waals surface area contributed by atoms with Gasteiger partial charge in [-0.1, -0.05) is 60.7 Å². The van der Waals surface area contributed by atoms with Gasteiger partial charge >= 0.3 is 0 Å². The maximum atomic E-state index is 6.57. The number of likely N-dealkylation sites (N-methyl/N-ethyl adjacent to an activating group) is 1. The summed E-state index contributed by atoms with van der Waals surface area (Å²) in [6, 6.07) is 20.8.